The topological polar surface area (TPSA) is 34.9 Å². The summed E-state index contributed by atoms with van der Waals surface area (Å²) in [6.07, 6.45) is 3.44. The number of Topliss-reactive ketones (excluding diaryl/α,β-unsaturated/α-hetero) is 1. The van der Waals surface area contributed by atoms with Crippen molar-refractivity contribution < 1.29 is 4.79 Å². The monoisotopic (exact) mass is 266 g/mol. The van der Waals surface area contributed by atoms with Crippen LogP contribution in [0.4, 0.5) is 0 Å². The van der Waals surface area contributed by atoms with Gasteiger partial charge in [0.1, 0.15) is 0 Å². The van der Waals surface area contributed by atoms with E-state index in [0.717, 1.165) is 5.03 Å². The van der Waals surface area contributed by atoms with E-state index in [-0.39, 0.29) is 5.78 Å². The van der Waals surface area contributed by atoms with Gasteiger partial charge in [0.05, 0.1) is 21.5 Å². The van der Waals surface area contributed by atoms with Crippen LogP contribution in [-0.2, 0) is 7.05 Å². The second kappa shape index (κ2) is 5.38. The molecule has 0 aliphatic heterocycles. The van der Waals surface area contributed by atoms with E-state index in [2.05, 4.69) is 4.98 Å². The average molecular weight is 267 g/mol. The second-order valence-electron chi connectivity index (χ2n) is 3.53. The first-order valence-electron chi connectivity index (χ1n) is 5.05. The summed E-state index contributed by atoms with van der Waals surface area (Å²) in [4.78, 5) is 16.0. The molecule has 0 spiro atoms. The fourth-order valence-corrected chi connectivity index (χ4v) is 2.24. The Bertz CT molecular complexity index is 522. The van der Waals surface area contributed by atoms with Crippen molar-refractivity contribution in [3.8, 4) is 0 Å². The lowest BCUT2D eigenvalue weighted by Crippen LogP contribution is -2.07. The molecule has 0 N–H and O–H groups in total. The third-order valence-electron chi connectivity index (χ3n) is 2.28. The lowest BCUT2D eigenvalue weighted by molar-refractivity contribution is 0.101. The summed E-state index contributed by atoms with van der Waals surface area (Å²) >= 11 is 7.15. The van der Waals surface area contributed by atoms with Gasteiger partial charge >= 0.3 is 0 Å². The molecule has 3 nitrogen and oxygen atoms in total. The molecule has 0 bridgehead atoms. The summed E-state index contributed by atoms with van der Waals surface area (Å²) in [5.74, 6) is 0.478. The summed E-state index contributed by atoms with van der Waals surface area (Å²) in [5.41, 5.74) is 0.714. The van der Waals surface area contributed by atoms with E-state index in [1.165, 1.54) is 11.8 Å². The van der Waals surface area contributed by atoms with Gasteiger partial charge in [-0.05, 0) is 24.3 Å². The number of nitrogens with zero attached hydrogens (tertiary/aromatic N) is 2. The molecular formula is C12H11ClN2OS. The molecule has 17 heavy (non-hydrogen) atoms. The predicted octanol–water partition coefficient (Wildman–Crippen LogP) is 3.05. The van der Waals surface area contributed by atoms with E-state index in [1.807, 2.05) is 36.0 Å². The Balaban J connectivity index is 1.97. The zero-order valence-corrected chi connectivity index (χ0v) is 10.8. The van der Waals surface area contributed by atoms with Gasteiger partial charge in [-0.25, -0.2) is 4.98 Å². The van der Waals surface area contributed by atoms with Crippen molar-refractivity contribution in [1.29, 1.82) is 0 Å². The van der Waals surface area contributed by atoms with Gasteiger partial charge in [-0.15, -0.1) is 0 Å². The number of hydrogen-bond donors (Lipinski definition) is 0. The van der Waals surface area contributed by atoms with Crippen molar-refractivity contribution in [2.45, 2.75) is 5.03 Å². The molecule has 0 aliphatic rings. The van der Waals surface area contributed by atoms with Gasteiger partial charge in [0.2, 0.25) is 0 Å². The second-order valence-corrected chi connectivity index (χ2v) is 4.96. The standard InChI is InChI=1S/C12H11ClN2OS/c1-15-6-2-3-10(15)11(16)8-17-12-5-4-9(13)7-14-12/h2-7H,8H2,1H3. The minimum absolute atomic E-state index is 0.0965. The summed E-state index contributed by atoms with van der Waals surface area (Å²) in [5, 5.41) is 1.40. The molecule has 2 aromatic heterocycles. The molecule has 0 aliphatic carbocycles. The lowest BCUT2D eigenvalue weighted by Gasteiger charge is -2.02. The Hall–Kier alpha value is -1.26. The highest BCUT2D eigenvalue weighted by atomic mass is 35.5. The molecule has 0 aromatic carbocycles. The van der Waals surface area contributed by atoms with Crippen LogP contribution in [0, 0.1) is 0 Å². The van der Waals surface area contributed by atoms with Crippen molar-refractivity contribution in [1.82, 2.24) is 9.55 Å². The third-order valence-corrected chi connectivity index (χ3v) is 3.45. The van der Waals surface area contributed by atoms with Gasteiger partial charge in [0, 0.05) is 19.4 Å². The highest BCUT2D eigenvalue weighted by molar-refractivity contribution is 7.99. The van der Waals surface area contributed by atoms with Crippen molar-refractivity contribution in [3.05, 3.63) is 47.4 Å². The summed E-state index contributed by atoms with van der Waals surface area (Å²) < 4.78 is 1.82. The number of hydrogen-bond acceptors (Lipinski definition) is 3. The maximum Gasteiger partial charge on any atom is 0.189 e. The van der Waals surface area contributed by atoms with E-state index >= 15 is 0 Å². The SMILES string of the molecule is Cn1cccc1C(=O)CSc1ccc(Cl)cn1. The molecule has 88 valence electrons. The Morgan fingerprint density at radius 3 is 2.88 bits per heavy atom. The van der Waals surface area contributed by atoms with Gasteiger partial charge in [-0.2, -0.15) is 0 Å². The number of aryl methyl sites for hydroxylation is 1. The first-order valence-corrected chi connectivity index (χ1v) is 6.42. The summed E-state index contributed by atoms with van der Waals surface area (Å²) in [7, 11) is 1.86. The molecule has 0 amide bonds. The van der Waals surface area contributed by atoms with Crippen molar-refractivity contribution >= 4 is 29.1 Å². The van der Waals surface area contributed by atoms with Gasteiger partial charge in [-0.1, -0.05) is 23.4 Å². The number of thioether (sulfide) groups is 1. The van der Waals surface area contributed by atoms with E-state index in [0.29, 0.717) is 16.5 Å². The first kappa shape index (κ1) is 12.2. The fourth-order valence-electron chi connectivity index (χ4n) is 1.41. The Morgan fingerprint density at radius 1 is 1.47 bits per heavy atom. The Kier molecular flexibility index (Phi) is 3.86. The van der Waals surface area contributed by atoms with E-state index in [1.54, 1.807) is 12.3 Å². The van der Waals surface area contributed by atoms with Crippen LogP contribution < -0.4 is 0 Å². The van der Waals surface area contributed by atoms with Crippen LogP contribution in [0.15, 0.2) is 41.7 Å². The van der Waals surface area contributed by atoms with Crippen LogP contribution in [-0.4, -0.2) is 21.1 Å². The van der Waals surface area contributed by atoms with Gasteiger partial charge in [0.15, 0.2) is 5.78 Å². The zero-order chi connectivity index (χ0) is 12.3. The quantitative estimate of drug-likeness (QED) is 0.630. The molecule has 2 rings (SSSR count). The molecule has 0 fully saturated rings. The molecular weight excluding hydrogens is 256 g/mol. The van der Waals surface area contributed by atoms with Crippen LogP contribution in [0.3, 0.4) is 0 Å². The average Bonchev–Trinajstić information content (AvgIpc) is 2.74. The lowest BCUT2D eigenvalue weighted by atomic mass is 10.3. The third kappa shape index (κ3) is 3.11. The molecule has 0 saturated heterocycles. The molecule has 0 atom stereocenters. The van der Waals surface area contributed by atoms with Crippen LogP contribution in [0.25, 0.3) is 0 Å². The van der Waals surface area contributed by atoms with Crippen molar-refractivity contribution in [2.24, 2.45) is 7.05 Å². The van der Waals surface area contributed by atoms with Crippen LogP contribution >= 0.6 is 23.4 Å². The predicted molar refractivity (Wildman–Crippen MR) is 69.7 cm³/mol. The molecule has 0 saturated carbocycles. The van der Waals surface area contributed by atoms with E-state index in [4.69, 9.17) is 11.6 Å². The minimum Gasteiger partial charge on any atom is -0.348 e. The normalized spacial score (nSPS) is 10.5. The molecule has 5 heteroatoms. The number of carbonyl (C=O) groups is 1. The summed E-state index contributed by atoms with van der Waals surface area (Å²) in [6.45, 7) is 0. The largest absolute Gasteiger partial charge is 0.348 e. The highest BCUT2D eigenvalue weighted by Crippen LogP contribution is 2.18. The fraction of sp³-hybridized carbons (Fsp3) is 0.167. The smallest absolute Gasteiger partial charge is 0.189 e. The minimum atomic E-state index is 0.0965. The van der Waals surface area contributed by atoms with Gasteiger partial charge < -0.3 is 4.57 Å². The van der Waals surface area contributed by atoms with E-state index < -0.39 is 0 Å². The number of pyridine rings is 1. The van der Waals surface area contributed by atoms with Crippen LogP contribution in [0.2, 0.25) is 5.02 Å². The summed E-state index contributed by atoms with van der Waals surface area (Å²) in [6, 6.07) is 7.26. The van der Waals surface area contributed by atoms with Crippen LogP contribution in [0.1, 0.15) is 10.5 Å². The number of ketones is 1. The first-order chi connectivity index (χ1) is 8.16. The number of aromatic nitrogens is 2. The van der Waals surface area contributed by atoms with Crippen LogP contribution in [0.5, 0.6) is 0 Å². The molecule has 2 aromatic rings. The number of carbonyl (C=O) groups excluding carboxylic acids is 1. The Labute approximate surface area is 109 Å². The van der Waals surface area contributed by atoms with Crippen molar-refractivity contribution in [2.75, 3.05) is 5.75 Å². The highest BCUT2D eigenvalue weighted by Gasteiger charge is 2.09. The van der Waals surface area contributed by atoms with Gasteiger partial charge in [-0.3, -0.25) is 4.79 Å². The van der Waals surface area contributed by atoms with Crippen molar-refractivity contribution in [3.63, 3.8) is 0 Å². The maximum atomic E-state index is 11.9. The molecule has 0 unspecified atom stereocenters. The maximum absolute atomic E-state index is 11.9. The van der Waals surface area contributed by atoms with Gasteiger partial charge in [0.25, 0.3) is 0 Å². The number of rotatable bonds is 4. The Morgan fingerprint density at radius 2 is 2.29 bits per heavy atom. The van der Waals surface area contributed by atoms with E-state index in [9.17, 15) is 4.79 Å². The number of halogens is 1. The zero-order valence-electron chi connectivity index (χ0n) is 9.26. The molecule has 2 heterocycles. The molecule has 0 radical (unpaired) electrons.